The van der Waals surface area contributed by atoms with Crippen molar-refractivity contribution in [2.45, 2.75) is 31.2 Å². The van der Waals surface area contributed by atoms with Gasteiger partial charge in [-0.15, -0.1) is 0 Å². The molecule has 1 N–H and O–H groups in total. The Morgan fingerprint density at radius 1 is 0.943 bits per heavy atom. The zero-order valence-electron chi connectivity index (χ0n) is 19.3. The van der Waals surface area contributed by atoms with Crippen LogP contribution in [0.2, 0.25) is 0 Å². The molecule has 0 saturated carbocycles. The van der Waals surface area contributed by atoms with E-state index >= 15 is 0 Å². The van der Waals surface area contributed by atoms with E-state index in [-0.39, 0.29) is 16.4 Å². The van der Waals surface area contributed by atoms with Crippen LogP contribution in [0.5, 0.6) is 0 Å². The zero-order valence-corrected chi connectivity index (χ0v) is 20.2. The molecule has 180 valence electrons. The molecule has 3 aromatic rings. The largest absolute Gasteiger partial charge is 0.502 e. The average Bonchev–Trinajstić information content (AvgIpc) is 3.15. The van der Waals surface area contributed by atoms with E-state index in [0.717, 1.165) is 12.0 Å². The monoisotopic (exact) mass is 491 g/mol. The second kappa shape index (κ2) is 9.76. The van der Waals surface area contributed by atoms with Gasteiger partial charge in [0.05, 0.1) is 17.1 Å². The third-order valence-corrected chi connectivity index (χ3v) is 7.75. The lowest BCUT2D eigenvalue weighted by molar-refractivity contribution is -0.117. The van der Waals surface area contributed by atoms with Gasteiger partial charge in [-0.1, -0.05) is 49.4 Å². The second-order valence-corrected chi connectivity index (χ2v) is 9.89. The second-order valence-electron chi connectivity index (χ2n) is 7.97. The highest BCUT2D eigenvalue weighted by atomic mass is 32.2. The average molecular weight is 492 g/mol. The number of benzene rings is 3. The summed E-state index contributed by atoms with van der Waals surface area (Å²) in [6.07, 6.45) is 0.791. The summed E-state index contributed by atoms with van der Waals surface area (Å²) in [5.74, 6) is -2.17. The first kappa shape index (κ1) is 24.2. The maximum Gasteiger partial charge on any atom is 0.338 e. The SMILES string of the molecule is CCOC(=O)c1ccc(N2C(=O)C(O)=C(S(=O)(=O)c3ccccc3)[C@@H]2c2ccc(CC)cc2)cc1. The Hall–Kier alpha value is -3.91. The minimum atomic E-state index is -4.21. The van der Waals surface area contributed by atoms with Gasteiger partial charge in [0.1, 0.15) is 10.9 Å². The van der Waals surface area contributed by atoms with Crippen molar-refractivity contribution in [1.82, 2.24) is 0 Å². The molecule has 0 saturated heterocycles. The maximum atomic E-state index is 13.6. The molecular weight excluding hydrogens is 466 g/mol. The van der Waals surface area contributed by atoms with Crippen molar-refractivity contribution < 1.29 is 27.9 Å². The first-order valence-corrected chi connectivity index (χ1v) is 12.7. The van der Waals surface area contributed by atoms with Gasteiger partial charge in [-0.25, -0.2) is 13.2 Å². The van der Waals surface area contributed by atoms with Crippen molar-refractivity contribution in [1.29, 1.82) is 0 Å². The fourth-order valence-electron chi connectivity index (χ4n) is 4.06. The maximum absolute atomic E-state index is 13.6. The summed E-state index contributed by atoms with van der Waals surface area (Å²) in [7, 11) is -4.21. The molecule has 0 aliphatic carbocycles. The van der Waals surface area contributed by atoms with E-state index in [0.29, 0.717) is 16.8 Å². The highest BCUT2D eigenvalue weighted by molar-refractivity contribution is 7.95. The van der Waals surface area contributed by atoms with Crippen LogP contribution in [0.15, 0.2) is 94.4 Å². The Bertz CT molecular complexity index is 1380. The molecule has 4 rings (SSSR count). The fourth-order valence-corrected chi connectivity index (χ4v) is 5.71. The Morgan fingerprint density at radius 3 is 2.14 bits per heavy atom. The Balaban J connectivity index is 1.85. The van der Waals surface area contributed by atoms with E-state index in [1.165, 1.54) is 41.3 Å². The molecule has 0 bridgehead atoms. The van der Waals surface area contributed by atoms with Crippen LogP contribution in [-0.2, 0) is 25.8 Å². The normalized spacial score (nSPS) is 16.0. The number of hydrogen-bond donors (Lipinski definition) is 1. The first-order chi connectivity index (χ1) is 16.8. The first-order valence-electron chi connectivity index (χ1n) is 11.2. The molecule has 1 aliphatic rings. The molecule has 35 heavy (non-hydrogen) atoms. The molecule has 1 heterocycles. The van der Waals surface area contributed by atoms with Gasteiger partial charge in [0, 0.05) is 5.69 Å². The molecule has 0 aromatic heterocycles. The highest BCUT2D eigenvalue weighted by Crippen LogP contribution is 2.44. The van der Waals surface area contributed by atoms with Crippen molar-refractivity contribution in [3.8, 4) is 0 Å². The summed E-state index contributed by atoms with van der Waals surface area (Å²) < 4.78 is 32.3. The molecule has 0 spiro atoms. The molecular formula is C27H25NO6S. The van der Waals surface area contributed by atoms with E-state index in [1.807, 2.05) is 19.1 Å². The van der Waals surface area contributed by atoms with Gasteiger partial charge in [0.25, 0.3) is 5.91 Å². The highest BCUT2D eigenvalue weighted by Gasteiger charge is 2.47. The number of sulfone groups is 1. The van der Waals surface area contributed by atoms with Gasteiger partial charge in [-0.2, -0.15) is 0 Å². The number of aliphatic hydroxyl groups is 1. The predicted molar refractivity (Wildman–Crippen MR) is 132 cm³/mol. The van der Waals surface area contributed by atoms with Crippen LogP contribution in [0.4, 0.5) is 5.69 Å². The Labute approximate surface area is 204 Å². The lowest BCUT2D eigenvalue weighted by Crippen LogP contribution is -2.31. The number of carbonyl (C=O) groups is 2. The van der Waals surface area contributed by atoms with E-state index in [2.05, 4.69) is 0 Å². The summed E-state index contributed by atoms with van der Waals surface area (Å²) in [4.78, 5) is 26.2. The van der Waals surface area contributed by atoms with Crippen LogP contribution in [0.3, 0.4) is 0 Å². The van der Waals surface area contributed by atoms with E-state index < -0.39 is 33.5 Å². The van der Waals surface area contributed by atoms with Crippen molar-refractivity contribution in [2.24, 2.45) is 0 Å². The number of hydrogen-bond acceptors (Lipinski definition) is 6. The number of ether oxygens (including phenoxy) is 1. The number of anilines is 1. The molecule has 8 heteroatoms. The number of aryl methyl sites for hydroxylation is 1. The molecule has 1 aliphatic heterocycles. The van der Waals surface area contributed by atoms with Crippen LogP contribution in [0.25, 0.3) is 0 Å². The number of amides is 1. The van der Waals surface area contributed by atoms with Crippen LogP contribution >= 0.6 is 0 Å². The minimum absolute atomic E-state index is 0.0240. The van der Waals surface area contributed by atoms with Crippen molar-refractivity contribution in [2.75, 3.05) is 11.5 Å². The summed E-state index contributed by atoms with van der Waals surface area (Å²) in [6.45, 7) is 3.93. The van der Waals surface area contributed by atoms with Gasteiger partial charge >= 0.3 is 5.97 Å². The smallest absolute Gasteiger partial charge is 0.338 e. The number of rotatable bonds is 7. The summed E-state index contributed by atoms with van der Waals surface area (Å²) in [6, 6.07) is 19.9. The van der Waals surface area contributed by atoms with E-state index in [4.69, 9.17) is 4.74 Å². The number of carbonyl (C=O) groups excluding carboxylic acids is 2. The van der Waals surface area contributed by atoms with Crippen molar-refractivity contribution in [3.05, 3.63) is 106 Å². The molecule has 3 aromatic carbocycles. The van der Waals surface area contributed by atoms with Crippen LogP contribution in [-0.4, -0.2) is 32.0 Å². The number of aliphatic hydroxyl groups excluding tert-OH is 1. The van der Waals surface area contributed by atoms with Gasteiger partial charge in [-0.05, 0) is 60.9 Å². The van der Waals surface area contributed by atoms with Gasteiger partial charge in [-0.3, -0.25) is 9.69 Å². The van der Waals surface area contributed by atoms with Crippen LogP contribution in [0.1, 0.15) is 41.4 Å². The summed E-state index contributed by atoms with van der Waals surface area (Å²) in [5, 5.41) is 10.9. The number of esters is 1. The van der Waals surface area contributed by atoms with Crippen LogP contribution < -0.4 is 4.90 Å². The Kier molecular flexibility index (Phi) is 6.75. The molecule has 0 radical (unpaired) electrons. The van der Waals surface area contributed by atoms with Crippen LogP contribution in [0, 0.1) is 0 Å². The van der Waals surface area contributed by atoms with Crippen molar-refractivity contribution >= 4 is 27.4 Å². The van der Waals surface area contributed by atoms with Gasteiger partial charge in [0.2, 0.25) is 9.84 Å². The molecule has 7 nitrogen and oxygen atoms in total. The fraction of sp³-hybridized carbons (Fsp3) is 0.185. The zero-order chi connectivity index (χ0) is 25.2. The quantitative estimate of drug-likeness (QED) is 0.479. The number of nitrogens with zero attached hydrogens (tertiary/aromatic N) is 1. The molecule has 1 amide bonds. The van der Waals surface area contributed by atoms with Gasteiger partial charge < -0.3 is 9.84 Å². The molecule has 0 fully saturated rings. The topological polar surface area (TPSA) is 101 Å². The van der Waals surface area contributed by atoms with E-state index in [1.54, 1.807) is 37.3 Å². The Morgan fingerprint density at radius 2 is 1.57 bits per heavy atom. The summed E-state index contributed by atoms with van der Waals surface area (Å²) in [5.41, 5.74) is 2.20. The lowest BCUT2D eigenvalue weighted by atomic mass is 10.0. The lowest BCUT2D eigenvalue weighted by Gasteiger charge is -2.27. The standard InChI is InChI=1S/C27H25NO6S/c1-3-18-10-12-19(13-11-18)23-25(35(32,33)22-8-6-5-7-9-22)24(29)26(30)28(23)21-16-14-20(15-17-21)27(31)34-4-2/h5-17,23,29H,3-4H2,1-2H3/t23-/m0/s1. The van der Waals surface area contributed by atoms with E-state index in [9.17, 15) is 23.1 Å². The van der Waals surface area contributed by atoms with Crippen molar-refractivity contribution in [3.63, 3.8) is 0 Å². The third kappa shape index (κ3) is 4.44. The predicted octanol–water partition coefficient (Wildman–Crippen LogP) is 4.76. The van der Waals surface area contributed by atoms with Gasteiger partial charge in [0.15, 0.2) is 5.76 Å². The molecule has 1 atom stereocenters. The third-order valence-electron chi connectivity index (χ3n) is 5.86. The minimum Gasteiger partial charge on any atom is -0.502 e. The summed E-state index contributed by atoms with van der Waals surface area (Å²) >= 11 is 0. The molecule has 0 unspecified atom stereocenters.